The van der Waals surface area contributed by atoms with Gasteiger partial charge in [0.1, 0.15) is 0 Å². The van der Waals surface area contributed by atoms with Crippen molar-refractivity contribution >= 4 is 17.3 Å². The van der Waals surface area contributed by atoms with E-state index in [0.29, 0.717) is 5.56 Å². The number of nitrogens with one attached hydrogen (secondary N) is 2. The maximum absolute atomic E-state index is 12.4. The Kier molecular flexibility index (Phi) is 4.63. The molecule has 0 aromatic heterocycles. The van der Waals surface area contributed by atoms with Gasteiger partial charge in [0.15, 0.2) is 0 Å². The van der Waals surface area contributed by atoms with E-state index in [4.69, 9.17) is 0 Å². The van der Waals surface area contributed by atoms with Crippen LogP contribution in [0.4, 0.5) is 11.4 Å². The van der Waals surface area contributed by atoms with Crippen LogP contribution in [0.25, 0.3) is 0 Å². The van der Waals surface area contributed by atoms with Crippen LogP contribution in [-0.2, 0) is 0 Å². The van der Waals surface area contributed by atoms with Gasteiger partial charge in [0.05, 0.1) is 0 Å². The molecule has 0 radical (unpaired) electrons. The van der Waals surface area contributed by atoms with Crippen molar-refractivity contribution < 1.29 is 4.79 Å². The Hall–Kier alpha value is -2.29. The topological polar surface area (TPSA) is 41.1 Å². The molecule has 21 heavy (non-hydrogen) atoms. The van der Waals surface area contributed by atoms with E-state index in [9.17, 15) is 4.79 Å². The van der Waals surface area contributed by atoms with E-state index in [1.807, 2.05) is 57.2 Å². The average molecular weight is 282 g/mol. The lowest BCUT2D eigenvalue weighted by Crippen LogP contribution is -2.14. The van der Waals surface area contributed by atoms with Gasteiger partial charge in [-0.3, -0.25) is 4.79 Å². The Bertz CT molecular complexity index is 642. The van der Waals surface area contributed by atoms with Crippen LogP contribution in [0.15, 0.2) is 36.4 Å². The minimum absolute atomic E-state index is 0.0708. The highest BCUT2D eigenvalue weighted by molar-refractivity contribution is 6.05. The SMILES string of the molecule is CCNc1ccc(C(=O)Nc2c(C)cccc2C)cc1C. The van der Waals surface area contributed by atoms with Crippen molar-refractivity contribution in [1.29, 1.82) is 0 Å². The van der Waals surface area contributed by atoms with Crippen molar-refractivity contribution in [3.05, 3.63) is 58.7 Å². The summed E-state index contributed by atoms with van der Waals surface area (Å²) >= 11 is 0. The van der Waals surface area contributed by atoms with E-state index >= 15 is 0 Å². The van der Waals surface area contributed by atoms with Crippen molar-refractivity contribution in [2.75, 3.05) is 17.2 Å². The van der Waals surface area contributed by atoms with Crippen LogP contribution in [0.5, 0.6) is 0 Å². The molecular weight excluding hydrogens is 260 g/mol. The normalized spacial score (nSPS) is 10.3. The first-order valence-corrected chi connectivity index (χ1v) is 7.25. The molecule has 2 N–H and O–H groups in total. The van der Waals surface area contributed by atoms with Gasteiger partial charge in [-0.1, -0.05) is 18.2 Å². The van der Waals surface area contributed by atoms with Gasteiger partial charge in [-0.15, -0.1) is 0 Å². The predicted octanol–water partition coefficient (Wildman–Crippen LogP) is 4.30. The van der Waals surface area contributed by atoms with Gasteiger partial charge in [-0.25, -0.2) is 0 Å². The molecule has 1 amide bonds. The van der Waals surface area contributed by atoms with Crippen molar-refractivity contribution in [1.82, 2.24) is 0 Å². The lowest BCUT2D eigenvalue weighted by molar-refractivity contribution is 0.102. The summed E-state index contributed by atoms with van der Waals surface area (Å²) in [5.41, 5.74) is 5.87. The molecule has 0 unspecified atom stereocenters. The first-order chi connectivity index (χ1) is 10.0. The Balaban J connectivity index is 2.23. The van der Waals surface area contributed by atoms with E-state index < -0.39 is 0 Å². The third-order valence-corrected chi connectivity index (χ3v) is 3.58. The van der Waals surface area contributed by atoms with Crippen LogP contribution in [0.3, 0.4) is 0 Å². The minimum atomic E-state index is -0.0708. The molecule has 0 aliphatic rings. The maximum atomic E-state index is 12.4. The van der Waals surface area contributed by atoms with Crippen LogP contribution in [0, 0.1) is 20.8 Å². The molecule has 0 spiro atoms. The number of hydrogen-bond acceptors (Lipinski definition) is 2. The zero-order valence-corrected chi connectivity index (χ0v) is 13.1. The van der Waals surface area contributed by atoms with Crippen LogP contribution in [-0.4, -0.2) is 12.5 Å². The minimum Gasteiger partial charge on any atom is -0.385 e. The number of amides is 1. The van der Waals surface area contributed by atoms with Crippen molar-refractivity contribution in [2.45, 2.75) is 27.7 Å². The van der Waals surface area contributed by atoms with Crippen LogP contribution in [0.2, 0.25) is 0 Å². The molecule has 0 aliphatic heterocycles. The number of carbonyl (C=O) groups is 1. The second kappa shape index (κ2) is 6.44. The van der Waals surface area contributed by atoms with Gasteiger partial charge in [0.25, 0.3) is 5.91 Å². The highest BCUT2D eigenvalue weighted by Gasteiger charge is 2.10. The van der Waals surface area contributed by atoms with Crippen LogP contribution >= 0.6 is 0 Å². The van der Waals surface area contributed by atoms with Crippen molar-refractivity contribution in [2.24, 2.45) is 0 Å². The fourth-order valence-corrected chi connectivity index (χ4v) is 2.39. The first kappa shape index (κ1) is 15.1. The highest BCUT2D eigenvalue weighted by Crippen LogP contribution is 2.22. The summed E-state index contributed by atoms with van der Waals surface area (Å²) in [6.07, 6.45) is 0. The Labute approximate surface area is 126 Å². The molecule has 110 valence electrons. The summed E-state index contributed by atoms with van der Waals surface area (Å²) in [5.74, 6) is -0.0708. The lowest BCUT2D eigenvalue weighted by atomic mass is 10.1. The number of rotatable bonds is 4. The van der Waals surface area contributed by atoms with E-state index in [1.165, 1.54) is 0 Å². The molecule has 2 rings (SSSR count). The molecule has 0 bridgehead atoms. The maximum Gasteiger partial charge on any atom is 0.255 e. The van der Waals surface area contributed by atoms with Gasteiger partial charge in [-0.05, 0) is 62.6 Å². The molecule has 0 heterocycles. The molecule has 2 aromatic carbocycles. The van der Waals surface area contributed by atoms with Gasteiger partial charge >= 0.3 is 0 Å². The van der Waals surface area contributed by atoms with Crippen molar-refractivity contribution in [3.63, 3.8) is 0 Å². The molecular formula is C18H22N2O. The number of benzene rings is 2. The summed E-state index contributed by atoms with van der Waals surface area (Å²) in [6, 6.07) is 11.7. The molecule has 2 aromatic rings. The number of hydrogen-bond donors (Lipinski definition) is 2. The third kappa shape index (κ3) is 3.43. The summed E-state index contributed by atoms with van der Waals surface area (Å²) < 4.78 is 0. The molecule has 0 atom stereocenters. The molecule has 3 nitrogen and oxygen atoms in total. The summed E-state index contributed by atoms with van der Waals surface area (Å²) in [6.45, 7) is 8.94. The summed E-state index contributed by atoms with van der Waals surface area (Å²) in [7, 11) is 0. The fraction of sp³-hybridized carbons (Fsp3) is 0.278. The summed E-state index contributed by atoms with van der Waals surface area (Å²) in [4.78, 5) is 12.4. The fourth-order valence-electron chi connectivity index (χ4n) is 2.39. The second-order valence-electron chi connectivity index (χ2n) is 5.28. The van der Waals surface area contributed by atoms with Gasteiger partial charge in [0.2, 0.25) is 0 Å². The number of carbonyl (C=O) groups excluding carboxylic acids is 1. The van der Waals surface area contributed by atoms with Crippen molar-refractivity contribution in [3.8, 4) is 0 Å². The van der Waals surface area contributed by atoms with Gasteiger partial charge in [-0.2, -0.15) is 0 Å². The van der Waals surface area contributed by atoms with Crippen LogP contribution < -0.4 is 10.6 Å². The lowest BCUT2D eigenvalue weighted by Gasteiger charge is -2.13. The quantitative estimate of drug-likeness (QED) is 0.878. The number of aryl methyl sites for hydroxylation is 3. The summed E-state index contributed by atoms with van der Waals surface area (Å²) in [5, 5.41) is 6.29. The number of para-hydroxylation sites is 1. The zero-order chi connectivity index (χ0) is 15.4. The zero-order valence-electron chi connectivity index (χ0n) is 13.1. The second-order valence-corrected chi connectivity index (χ2v) is 5.28. The Morgan fingerprint density at radius 3 is 2.24 bits per heavy atom. The van der Waals surface area contributed by atoms with E-state index in [-0.39, 0.29) is 5.91 Å². The smallest absolute Gasteiger partial charge is 0.255 e. The number of anilines is 2. The molecule has 0 fully saturated rings. The molecule has 3 heteroatoms. The molecule has 0 saturated heterocycles. The van der Waals surface area contributed by atoms with E-state index in [1.54, 1.807) is 0 Å². The average Bonchev–Trinajstić information content (AvgIpc) is 2.45. The van der Waals surface area contributed by atoms with Gasteiger partial charge in [0, 0.05) is 23.5 Å². The Morgan fingerprint density at radius 1 is 1.00 bits per heavy atom. The standard InChI is InChI=1S/C18H22N2O/c1-5-19-16-10-9-15(11-14(16)4)18(21)20-17-12(2)7-6-8-13(17)3/h6-11,19H,5H2,1-4H3,(H,20,21). The molecule has 0 saturated carbocycles. The Morgan fingerprint density at radius 2 is 1.67 bits per heavy atom. The van der Waals surface area contributed by atoms with E-state index in [0.717, 1.165) is 34.6 Å². The monoisotopic (exact) mass is 282 g/mol. The largest absolute Gasteiger partial charge is 0.385 e. The van der Waals surface area contributed by atoms with Crippen LogP contribution in [0.1, 0.15) is 34.0 Å². The first-order valence-electron chi connectivity index (χ1n) is 7.25. The predicted molar refractivity (Wildman–Crippen MR) is 89.2 cm³/mol. The van der Waals surface area contributed by atoms with E-state index in [2.05, 4.69) is 17.6 Å². The van der Waals surface area contributed by atoms with Gasteiger partial charge < -0.3 is 10.6 Å². The third-order valence-electron chi connectivity index (χ3n) is 3.58. The highest BCUT2D eigenvalue weighted by atomic mass is 16.1. The molecule has 0 aliphatic carbocycles.